The lowest BCUT2D eigenvalue weighted by Crippen LogP contribution is -2.19. The smallest absolute Gasteiger partial charge is 0.340 e. The minimum Gasteiger partial charge on any atom is -0.462 e. The van der Waals surface area contributed by atoms with E-state index >= 15 is 0 Å². The molecule has 0 amide bonds. The van der Waals surface area contributed by atoms with Crippen molar-refractivity contribution in [2.24, 2.45) is 0 Å². The quantitative estimate of drug-likeness (QED) is 0.798. The van der Waals surface area contributed by atoms with Gasteiger partial charge in [0.25, 0.3) is 0 Å². The lowest BCUT2D eigenvalue weighted by atomic mass is 10.1. The SMILES string of the molecule is CCOC(=O)c1ccc(Br)c2c1N(c1ncccn1)CC2. The second kappa shape index (κ2) is 5.81. The van der Waals surface area contributed by atoms with E-state index in [2.05, 4.69) is 25.9 Å². The number of fused-ring (bicyclic) bond motifs is 1. The monoisotopic (exact) mass is 347 g/mol. The summed E-state index contributed by atoms with van der Waals surface area (Å²) in [6, 6.07) is 5.44. The molecular weight excluding hydrogens is 334 g/mol. The lowest BCUT2D eigenvalue weighted by Gasteiger charge is -2.19. The Morgan fingerprint density at radius 1 is 1.38 bits per heavy atom. The number of esters is 1. The van der Waals surface area contributed by atoms with Gasteiger partial charge < -0.3 is 9.64 Å². The van der Waals surface area contributed by atoms with Crippen molar-refractivity contribution in [2.75, 3.05) is 18.1 Å². The molecule has 1 aromatic carbocycles. The van der Waals surface area contributed by atoms with Gasteiger partial charge >= 0.3 is 5.97 Å². The first-order chi connectivity index (χ1) is 10.2. The van der Waals surface area contributed by atoms with Gasteiger partial charge in [0.05, 0.1) is 17.9 Å². The van der Waals surface area contributed by atoms with E-state index in [4.69, 9.17) is 4.74 Å². The van der Waals surface area contributed by atoms with Gasteiger partial charge in [0.2, 0.25) is 5.95 Å². The maximum Gasteiger partial charge on any atom is 0.340 e. The van der Waals surface area contributed by atoms with Gasteiger partial charge in [0.15, 0.2) is 0 Å². The number of benzene rings is 1. The first-order valence-corrected chi connectivity index (χ1v) is 7.54. The number of rotatable bonds is 3. The predicted molar refractivity (Wildman–Crippen MR) is 82.8 cm³/mol. The molecule has 3 rings (SSSR count). The number of carbonyl (C=O) groups is 1. The number of carbonyl (C=O) groups excluding carboxylic acids is 1. The number of hydrogen-bond donors (Lipinski definition) is 0. The second-order valence-electron chi connectivity index (χ2n) is 4.59. The van der Waals surface area contributed by atoms with Crippen molar-refractivity contribution < 1.29 is 9.53 Å². The van der Waals surface area contributed by atoms with Crippen LogP contribution in [-0.4, -0.2) is 29.1 Å². The molecule has 0 saturated carbocycles. The first-order valence-electron chi connectivity index (χ1n) is 6.75. The maximum atomic E-state index is 12.2. The van der Waals surface area contributed by atoms with Crippen LogP contribution in [0.1, 0.15) is 22.8 Å². The normalized spacial score (nSPS) is 13.1. The lowest BCUT2D eigenvalue weighted by molar-refractivity contribution is 0.0527. The van der Waals surface area contributed by atoms with Gasteiger partial charge in [-0.3, -0.25) is 0 Å². The van der Waals surface area contributed by atoms with E-state index in [0.29, 0.717) is 18.1 Å². The number of anilines is 2. The van der Waals surface area contributed by atoms with Crippen LogP contribution in [0.5, 0.6) is 0 Å². The Morgan fingerprint density at radius 2 is 2.14 bits per heavy atom. The fraction of sp³-hybridized carbons (Fsp3) is 0.267. The average Bonchev–Trinajstić information content (AvgIpc) is 2.94. The van der Waals surface area contributed by atoms with Gasteiger partial charge in [0.1, 0.15) is 0 Å². The summed E-state index contributed by atoms with van der Waals surface area (Å²) in [5, 5.41) is 0. The molecule has 2 heterocycles. The Bertz CT molecular complexity index is 676. The summed E-state index contributed by atoms with van der Waals surface area (Å²) in [5.41, 5.74) is 2.49. The topological polar surface area (TPSA) is 55.3 Å². The van der Waals surface area contributed by atoms with Gasteiger partial charge in [-0.25, -0.2) is 14.8 Å². The van der Waals surface area contributed by atoms with Crippen LogP contribution in [0.4, 0.5) is 11.6 Å². The maximum absolute atomic E-state index is 12.2. The van der Waals surface area contributed by atoms with Gasteiger partial charge in [-0.2, -0.15) is 0 Å². The minimum atomic E-state index is -0.316. The Labute approximate surface area is 131 Å². The molecule has 1 aliphatic rings. The van der Waals surface area contributed by atoms with E-state index < -0.39 is 0 Å². The summed E-state index contributed by atoms with van der Waals surface area (Å²) in [6.45, 7) is 2.90. The molecule has 108 valence electrons. The summed E-state index contributed by atoms with van der Waals surface area (Å²) in [7, 11) is 0. The molecule has 21 heavy (non-hydrogen) atoms. The first kappa shape index (κ1) is 14.0. The fourth-order valence-corrected chi connectivity index (χ4v) is 3.02. The molecular formula is C15H14BrN3O2. The molecule has 0 spiro atoms. The Morgan fingerprint density at radius 3 is 2.86 bits per heavy atom. The van der Waals surface area contributed by atoms with Crippen LogP contribution in [0.15, 0.2) is 35.1 Å². The molecule has 6 heteroatoms. The van der Waals surface area contributed by atoms with Crippen molar-refractivity contribution in [3.8, 4) is 0 Å². The second-order valence-corrected chi connectivity index (χ2v) is 5.45. The predicted octanol–water partition coefficient (Wildman–Crippen LogP) is 3.11. The highest BCUT2D eigenvalue weighted by Gasteiger charge is 2.29. The van der Waals surface area contributed by atoms with Gasteiger partial charge in [-0.05, 0) is 37.1 Å². The Kier molecular flexibility index (Phi) is 3.88. The van der Waals surface area contributed by atoms with E-state index in [1.807, 2.05) is 11.0 Å². The zero-order valence-electron chi connectivity index (χ0n) is 11.5. The summed E-state index contributed by atoms with van der Waals surface area (Å²) < 4.78 is 6.15. The van der Waals surface area contributed by atoms with Crippen molar-refractivity contribution in [3.05, 3.63) is 46.2 Å². The van der Waals surface area contributed by atoms with E-state index in [-0.39, 0.29) is 5.97 Å². The van der Waals surface area contributed by atoms with Crippen LogP contribution in [-0.2, 0) is 11.2 Å². The Balaban J connectivity index is 2.11. The van der Waals surface area contributed by atoms with Crippen LogP contribution in [0, 0.1) is 0 Å². The molecule has 0 fully saturated rings. The molecule has 1 aliphatic heterocycles. The van der Waals surface area contributed by atoms with E-state index in [9.17, 15) is 4.79 Å². The zero-order valence-corrected chi connectivity index (χ0v) is 13.1. The van der Waals surface area contributed by atoms with Crippen molar-refractivity contribution in [2.45, 2.75) is 13.3 Å². The molecule has 1 aromatic heterocycles. The third kappa shape index (κ3) is 2.51. The number of nitrogens with zero attached hydrogens (tertiary/aromatic N) is 3. The summed E-state index contributed by atoms with van der Waals surface area (Å²) in [6.07, 6.45) is 4.23. The van der Waals surface area contributed by atoms with Crippen molar-refractivity contribution in [1.29, 1.82) is 0 Å². The van der Waals surface area contributed by atoms with E-state index in [0.717, 1.165) is 28.7 Å². The van der Waals surface area contributed by atoms with Crippen LogP contribution in [0.3, 0.4) is 0 Å². The number of aromatic nitrogens is 2. The number of hydrogen-bond acceptors (Lipinski definition) is 5. The molecule has 0 unspecified atom stereocenters. The summed E-state index contributed by atoms with van der Waals surface area (Å²) in [4.78, 5) is 22.7. The van der Waals surface area contributed by atoms with Crippen LogP contribution < -0.4 is 4.90 Å². The highest BCUT2D eigenvalue weighted by molar-refractivity contribution is 9.10. The fourth-order valence-electron chi connectivity index (χ4n) is 2.50. The van der Waals surface area contributed by atoms with Crippen molar-refractivity contribution >= 4 is 33.5 Å². The zero-order chi connectivity index (χ0) is 14.8. The molecule has 5 nitrogen and oxygen atoms in total. The summed E-state index contributed by atoms with van der Waals surface area (Å²) in [5.74, 6) is 0.281. The molecule has 0 N–H and O–H groups in total. The third-order valence-electron chi connectivity index (χ3n) is 3.37. The van der Waals surface area contributed by atoms with Gasteiger partial charge in [0, 0.05) is 23.4 Å². The van der Waals surface area contributed by atoms with Gasteiger partial charge in [-0.15, -0.1) is 0 Å². The third-order valence-corrected chi connectivity index (χ3v) is 4.11. The number of halogens is 1. The van der Waals surface area contributed by atoms with Crippen molar-refractivity contribution in [3.63, 3.8) is 0 Å². The largest absolute Gasteiger partial charge is 0.462 e. The molecule has 0 bridgehead atoms. The minimum absolute atomic E-state index is 0.316. The molecule has 0 atom stereocenters. The molecule has 0 saturated heterocycles. The van der Waals surface area contributed by atoms with E-state index in [1.165, 1.54) is 0 Å². The highest BCUT2D eigenvalue weighted by atomic mass is 79.9. The van der Waals surface area contributed by atoms with Crippen LogP contribution >= 0.6 is 15.9 Å². The molecule has 0 radical (unpaired) electrons. The average molecular weight is 348 g/mol. The van der Waals surface area contributed by atoms with Crippen LogP contribution in [0.25, 0.3) is 0 Å². The molecule has 2 aromatic rings. The van der Waals surface area contributed by atoms with Crippen LogP contribution in [0.2, 0.25) is 0 Å². The number of ether oxygens (including phenoxy) is 1. The standard InChI is InChI=1S/C15H14BrN3O2/c1-2-21-14(20)11-4-5-12(16)10-6-9-19(13(10)11)15-17-7-3-8-18-15/h3-5,7-8H,2,6,9H2,1H3. The Hall–Kier alpha value is -1.95. The van der Waals surface area contributed by atoms with Gasteiger partial charge in [-0.1, -0.05) is 15.9 Å². The highest BCUT2D eigenvalue weighted by Crippen LogP contribution is 2.40. The molecule has 0 aliphatic carbocycles. The van der Waals surface area contributed by atoms with E-state index in [1.54, 1.807) is 31.5 Å². The van der Waals surface area contributed by atoms with Crippen molar-refractivity contribution in [1.82, 2.24) is 9.97 Å². The summed E-state index contributed by atoms with van der Waals surface area (Å²) >= 11 is 3.55.